The van der Waals surface area contributed by atoms with Crippen LogP contribution < -0.4 is 10.2 Å². The van der Waals surface area contributed by atoms with Crippen LogP contribution in [-0.4, -0.2) is 24.6 Å². The van der Waals surface area contributed by atoms with E-state index in [1.807, 2.05) is 25.3 Å². The van der Waals surface area contributed by atoms with E-state index in [1.165, 1.54) is 18.2 Å². The molecule has 0 fully saturated rings. The maximum Gasteiger partial charge on any atom is 0.332 e. The molecule has 0 aliphatic carbocycles. The van der Waals surface area contributed by atoms with E-state index in [0.717, 1.165) is 5.39 Å². The van der Waals surface area contributed by atoms with Gasteiger partial charge in [-0.3, -0.25) is 4.79 Å². The third kappa shape index (κ3) is 4.23. The molecule has 0 radical (unpaired) electrons. The molecule has 0 saturated heterocycles. The molecule has 5 aromatic rings. The highest BCUT2D eigenvalue weighted by Crippen LogP contribution is 2.37. The van der Waals surface area contributed by atoms with E-state index in [4.69, 9.17) is 4.74 Å². The number of nitrogens with zero attached hydrogens (tertiary/aromatic N) is 2. The molecule has 1 N–H and O–H groups in total. The second-order valence-corrected chi connectivity index (χ2v) is 10.7. The van der Waals surface area contributed by atoms with E-state index in [2.05, 4.69) is 11.1 Å². The molecule has 2 aromatic heterocycles. The minimum absolute atomic E-state index is 0.188. The smallest absolute Gasteiger partial charge is 0.332 e. The average molecular weight is 518 g/mol. The third-order valence-electron chi connectivity index (χ3n) is 6.35. The Hall–Kier alpha value is -4.16. The summed E-state index contributed by atoms with van der Waals surface area (Å²) in [4.78, 5) is 16.7. The van der Waals surface area contributed by atoms with Crippen LogP contribution in [0, 0.1) is 17.2 Å². The van der Waals surface area contributed by atoms with Crippen molar-refractivity contribution >= 4 is 43.1 Å². The van der Waals surface area contributed by atoms with Gasteiger partial charge in [-0.2, -0.15) is 13.7 Å². The second-order valence-electron chi connectivity index (χ2n) is 9.33. The summed E-state index contributed by atoms with van der Waals surface area (Å²) in [5.41, 5.74) is 3.20. The number of aryl methyl sites for hydroxylation is 1. The molecule has 2 heterocycles. The van der Waals surface area contributed by atoms with Gasteiger partial charge in [0.2, 0.25) is 0 Å². The number of aromatic amines is 1. The topological polar surface area (TPSA) is 105 Å². The highest BCUT2D eigenvalue weighted by Gasteiger charge is 2.20. The quantitative estimate of drug-likeness (QED) is 0.283. The lowest BCUT2D eigenvalue weighted by Crippen LogP contribution is -2.12. The van der Waals surface area contributed by atoms with Gasteiger partial charge in [0, 0.05) is 23.0 Å². The first-order valence-electron chi connectivity index (χ1n) is 11.9. The fourth-order valence-electron chi connectivity index (χ4n) is 4.66. The molecule has 0 atom stereocenters. The molecule has 0 amide bonds. The van der Waals surface area contributed by atoms with Crippen molar-refractivity contribution in [3.8, 4) is 22.9 Å². The molecular weight excluding hydrogens is 493 g/mol. The summed E-state index contributed by atoms with van der Waals surface area (Å²) >= 11 is 0. The molecule has 0 saturated carbocycles. The SMILES string of the molecule is CCn1c2cc(-c3cccc(S(=O)(=O)F)c3)c(OCC(C)C)cc2c(=O)c2c3ccc(C#N)cc3[nH]c21. The predicted octanol–water partition coefficient (Wildman–Crippen LogP) is 5.89. The summed E-state index contributed by atoms with van der Waals surface area (Å²) in [7, 11) is -4.91. The number of nitriles is 1. The zero-order valence-corrected chi connectivity index (χ0v) is 21.3. The van der Waals surface area contributed by atoms with E-state index >= 15 is 0 Å². The van der Waals surface area contributed by atoms with Crippen molar-refractivity contribution in [3.05, 3.63) is 70.4 Å². The highest BCUT2D eigenvalue weighted by molar-refractivity contribution is 7.86. The number of hydrogen-bond donors (Lipinski definition) is 1. The summed E-state index contributed by atoms with van der Waals surface area (Å²) in [6.07, 6.45) is 0. The number of hydrogen-bond acceptors (Lipinski definition) is 5. The minimum atomic E-state index is -4.91. The fraction of sp³-hybridized carbons (Fsp3) is 0.214. The number of rotatable bonds is 6. The molecule has 3 aromatic carbocycles. The molecule has 9 heteroatoms. The lowest BCUT2D eigenvalue weighted by atomic mass is 10.0. The molecule has 0 spiro atoms. The van der Waals surface area contributed by atoms with Crippen LogP contribution >= 0.6 is 0 Å². The zero-order chi connectivity index (χ0) is 26.5. The maximum absolute atomic E-state index is 13.8. The van der Waals surface area contributed by atoms with Crippen molar-refractivity contribution in [2.75, 3.05) is 6.61 Å². The summed E-state index contributed by atoms with van der Waals surface area (Å²) < 4.78 is 45.0. The number of benzene rings is 3. The van der Waals surface area contributed by atoms with Crippen molar-refractivity contribution in [3.63, 3.8) is 0 Å². The molecular formula is C28H24FN3O4S. The Morgan fingerprint density at radius 3 is 2.57 bits per heavy atom. The molecule has 7 nitrogen and oxygen atoms in total. The van der Waals surface area contributed by atoms with Gasteiger partial charge in [0.05, 0.1) is 39.4 Å². The monoisotopic (exact) mass is 517 g/mol. The Morgan fingerprint density at radius 1 is 1.11 bits per heavy atom. The molecule has 37 heavy (non-hydrogen) atoms. The molecule has 0 bridgehead atoms. The first-order valence-corrected chi connectivity index (χ1v) is 13.2. The summed E-state index contributed by atoms with van der Waals surface area (Å²) in [6, 6.07) is 16.4. The van der Waals surface area contributed by atoms with E-state index in [-0.39, 0.29) is 11.3 Å². The van der Waals surface area contributed by atoms with Crippen molar-refractivity contribution in [1.29, 1.82) is 5.26 Å². The Bertz CT molecular complexity index is 1910. The Morgan fingerprint density at radius 2 is 1.89 bits per heavy atom. The van der Waals surface area contributed by atoms with Crippen LogP contribution in [0.2, 0.25) is 0 Å². The van der Waals surface area contributed by atoms with Crippen molar-refractivity contribution in [2.24, 2.45) is 5.92 Å². The van der Waals surface area contributed by atoms with Gasteiger partial charge in [-0.05, 0) is 54.8 Å². The number of ether oxygens (including phenoxy) is 1. The Balaban J connectivity index is 1.88. The van der Waals surface area contributed by atoms with Crippen molar-refractivity contribution in [1.82, 2.24) is 9.55 Å². The van der Waals surface area contributed by atoms with E-state index in [1.54, 1.807) is 36.4 Å². The van der Waals surface area contributed by atoms with Gasteiger partial charge in [0.15, 0.2) is 5.43 Å². The molecule has 0 aliphatic heterocycles. The average Bonchev–Trinajstić information content (AvgIpc) is 3.25. The van der Waals surface area contributed by atoms with Gasteiger partial charge in [-0.15, -0.1) is 3.89 Å². The largest absolute Gasteiger partial charge is 0.493 e. The first-order chi connectivity index (χ1) is 17.6. The van der Waals surface area contributed by atoms with Crippen LogP contribution in [0.4, 0.5) is 3.89 Å². The first kappa shape index (κ1) is 24.5. The van der Waals surface area contributed by atoms with Crippen LogP contribution in [0.25, 0.3) is 44.0 Å². The van der Waals surface area contributed by atoms with E-state index < -0.39 is 15.1 Å². The van der Waals surface area contributed by atoms with E-state index in [9.17, 15) is 22.4 Å². The van der Waals surface area contributed by atoms with Crippen LogP contribution in [0.5, 0.6) is 5.75 Å². The molecule has 0 aliphatic rings. The lowest BCUT2D eigenvalue weighted by molar-refractivity contribution is 0.272. The number of fused-ring (bicyclic) bond motifs is 4. The number of nitrogens with one attached hydrogen (secondary N) is 1. The number of aromatic nitrogens is 2. The summed E-state index contributed by atoms with van der Waals surface area (Å²) in [5.74, 6) is 0.596. The summed E-state index contributed by atoms with van der Waals surface area (Å²) in [5, 5.41) is 11.0. The maximum atomic E-state index is 13.8. The normalized spacial score (nSPS) is 12.0. The minimum Gasteiger partial charge on any atom is -0.493 e. The fourth-order valence-corrected chi connectivity index (χ4v) is 5.17. The number of pyridine rings is 1. The van der Waals surface area contributed by atoms with Gasteiger partial charge in [0.25, 0.3) is 0 Å². The van der Waals surface area contributed by atoms with Gasteiger partial charge >= 0.3 is 10.2 Å². The van der Waals surface area contributed by atoms with Crippen molar-refractivity contribution < 1.29 is 17.0 Å². The summed E-state index contributed by atoms with van der Waals surface area (Å²) in [6.45, 7) is 6.83. The van der Waals surface area contributed by atoms with Gasteiger partial charge in [-0.25, -0.2) is 0 Å². The third-order valence-corrected chi connectivity index (χ3v) is 7.17. The van der Waals surface area contributed by atoms with Crippen LogP contribution in [0.1, 0.15) is 26.3 Å². The lowest BCUT2D eigenvalue weighted by Gasteiger charge is -2.17. The highest BCUT2D eigenvalue weighted by atomic mass is 32.3. The number of H-pyrrole nitrogens is 1. The molecule has 5 rings (SSSR count). The second kappa shape index (κ2) is 9.05. The standard InChI is InChI=1S/C28H24FN3O4S/c1-4-32-24-12-21(18-6-5-7-19(11-18)37(29,34)35)25(36-15-16(2)3)13-22(24)27(33)26-20-9-8-17(14-30)10-23(20)31-28(26)32/h5-13,16,31H,4,15H2,1-3H3. The predicted molar refractivity (Wildman–Crippen MR) is 142 cm³/mol. The molecule has 0 unspecified atom stereocenters. The van der Waals surface area contributed by atoms with E-state index in [0.29, 0.717) is 63.0 Å². The van der Waals surface area contributed by atoms with Gasteiger partial charge in [-0.1, -0.05) is 32.0 Å². The van der Waals surface area contributed by atoms with Crippen molar-refractivity contribution in [2.45, 2.75) is 32.2 Å². The zero-order valence-electron chi connectivity index (χ0n) is 20.5. The van der Waals surface area contributed by atoms with Gasteiger partial charge < -0.3 is 14.3 Å². The van der Waals surface area contributed by atoms with Crippen LogP contribution in [0.3, 0.4) is 0 Å². The van der Waals surface area contributed by atoms with Crippen LogP contribution in [0.15, 0.2) is 64.3 Å². The Kier molecular flexibility index (Phi) is 6.00. The van der Waals surface area contributed by atoms with Crippen LogP contribution in [-0.2, 0) is 16.8 Å². The van der Waals surface area contributed by atoms with Gasteiger partial charge in [0.1, 0.15) is 11.4 Å². The molecule has 188 valence electrons. The number of halogens is 1. The Labute approximate surface area is 212 Å².